The Morgan fingerprint density at radius 1 is 0.444 bits per heavy atom. The van der Waals surface area contributed by atoms with E-state index >= 15 is 0 Å². The van der Waals surface area contributed by atoms with Crippen LogP contribution in [-0.2, 0) is 5.41 Å². The molecule has 11 rings (SSSR count). The second kappa shape index (κ2) is 11.5. The third kappa shape index (κ3) is 4.60. The van der Waals surface area contributed by atoms with E-state index < -0.39 is 0 Å². The minimum Gasteiger partial charge on any atom is -0.456 e. The number of hydrogen-bond acceptors (Lipinski definition) is 4. The summed E-state index contributed by atoms with van der Waals surface area (Å²) in [4.78, 5) is 7.32. The molecule has 0 saturated heterocycles. The molecule has 8 aromatic carbocycles. The van der Waals surface area contributed by atoms with Crippen LogP contribution in [0, 0.1) is 0 Å². The van der Waals surface area contributed by atoms with Gasteiger partial charge in [0.1, 0.15) is 16.7 Å². The van der Waals surface area contributed by atoms with Gasteiger partial charge in [-0.1, -0.05) is 117 Å². The Morgan fingerprint density at radius 3 is 1.94 bits per heavy atom. The number of aromatic nitrogens is 1. The summed E-state index contributed by atoms with van der Waals surface area (Å²) < 4.78 is 12.6. The highest BCUT2D eigenvalue weighted by atomic mass is 16.3. The molecule has 0 unspecified atom stereocenters. The first-order valence-electron chi connectivity index (χ1n) is 18.5. The van der Waals surface area contributed by atoms with Crippen LogP contribution in [0.4, 0.5) is 17.1 Å². The smallest absolute Gasteiger partial charge is 0.227 e. The maximum atomic E-state index is 6.40. The second-order valence-electron chi connectivity index (χ2n) is 14.8. The Hall–Kier alpha value is -6.91. The molecule has 0 N–H and O–H groups in total. The van der Waals surface area contributed by atoms with E-state index in [0.717, 1.165) is 77.6 Å². The van der Waals surface area contributed by atoms with Crippen molar-refractivity contribution in [2.75, 3.05) is 4.90 Å². The number of fused-ring (bicyclic) bond motifs is 9. The van der Waals surface area contributed by atoms with Crippen molar-refractivity contribution in [3.63, 3.8) is 0 Å². The summed E-state index contributed by atoms with van der Waals surface area (Å²) in [5, 5.41) is 4.38. The highest BCUT2D eigenvalue weighted by molar-refractivity contribution is 6.11. The van der Waals surface area contributed by atoms with E-state index in [1.54, 1.807) is 0 Å². The van der Waals surface area contributed by atoms with Crippen molar-refractivity contribution in [3.8, 4) is 33.7 Å². The van der Waals surface area contributed by atoms with Gasteiger partial charge in [-0.3, -0.25) is 0 Å². The second-order valence-corrected chi connectivity index (χ2v) is 14.8. The molecule has 0 amide bonds. The zero-order chi connectivity index (χ0) is 36.0. The number of benzene rings is 8. The molecule has 4 heteroatoms. The highest BCUT2D eigenvalue weighted by Gasteiger charge is 2.35. The van der Waals surface area contributed by atoms with E-state index in [0.29, 0.717) is 5.89 Å². The molecule has 0 fully saturated rings. The van der Waals surface area contributed by atoms with Crippen LogP contribution in [0.25, 0.3) is 77.5 Å². The van der Waals surface area contributed by atoms with Crippen molar-refractivity contribution in [2.24, 2.45) is 0 Å². The molecule has 10 aromatic rings. The molecule has 54 heavy (non-hydrogen) atoms. The molecule has 0 radical (unpaired) electrons. The van der Waals surface area contributed by atoms with Gasteiger partial charge >= 0.3 is 0 Å². The summed E-state index contributed by atoms with van der Waals surface area (Å²) in [7, 11) is 0. The molecule has 2 heterocycles. The van der Waals surface area contributed by atoms with Crippen molar-refractivity contribution < 1.29 is 8.83 Å². The Morgan fingerprint density at radius 2 is 1.09 bits per heavy atom. The van der Waals surface area contributed by atoms with Crippen LogP contribution in [0.15, 0.2) is 179 Å². The lowest BCUT2D eigenvalue weighted by atomic mass is 9.82. The quantitative estimate of drug-likeness (QED) is 0.180. The predicted molar refractivity (Wildman–Crippen MR) is 222 cm³/mol. The van der Waals surface area contributed by atoms with E-state index in [2.05, 4.69) is 146 Å². The lowest BCUT2D eigenvalue weighted by Gasteiger charge is -2.27. The van der Waals surface area contributed by atoms with Gasteiger partial charge in [-0.25, -0.2) is 4.98 Å². The standard InChI is InChI=1S/C50H34N2O2/c1-50(2)43-18-10-8-15-37(43)41-28-34(24-26-44(41)50)52(35-25-27-47-42(29-35)38-16-9-11-19-46(38)53-47)33-22-20-31(21-23-33)40-30-45-48(39-17-7-6-14-36(39)40)54-49(51-45)32-12-4-3-5-13-32/h3-30H,1-2H3. The van der Waals surface area contributed by atoms with E-state index in [4.69, 9.17) is 13.8 Å². The van der Waals surface area contributed by atoms with Crippen LogP contribution in [0.3, 0.4) is 0 Å². The average molecular weight is 695 g/mol. The fraction of sp³-hybridized carbons (Fsp3) is 0.0600. The molecule has 0 atom stereocenters. The lowest BCUT2D eigenvalue weighted by molar-refractivity contribution is 0.623. The summed E-state index contributed by atoms with van der Waals surface area (Å²) >= 11 is 0. The number of hydrogen-bond donors (Lipinski definition) is 0. The van der Waals surface area contributed by atoms with Crippen LogP contribution < -0.4 is 4.90 Å². The summed E-state index contributed by atoms with van der Waals surface area (Å²) in [5.41, 5.74) is 15.1. The Kier molecular flexibility index (Phi) is 6.56. The summed E-state index contributed by atoms with van der Waals surface area (Å²) in [5.74, 6) is 0.626. The van der Waals surface area contributed by atoms with E-state index in [1.807, 2.05) is 42.5 Å². The molecule has 1 aliphatic rings. The van der Waals surface area contributed by atoms with Crippen LogP contribution in [0.1, 0.15) is 25.0 Å². The number of para-hydroxylation sites is 1. The van der Waals surface area contributed by atoms with E-state index in [-0.39, 0.29) is 5.41 Å². The zero-order valence-corrected chi connectivity index (χ0v) is 29.9. The number of rotatable bonds is 5. The first-order valence-corrected chi connectivity index (χ1v) is 18.5. The number of anilines is 3. The largest absolute Gasteiger partial charge is 0.456 e. The van der Waals surface area contributed by atoms with Crippen molar-refractivity contribution in [2.45, 2.75) is 19.3 Å². The summed E-state index contributed by atoms with van der Waals surface area (Å²) in [6.45, 7) is 4.66. The molecule has 1 aliphatic carbocycles. The molecule has 256 valence electrons. The molecule has 0 aliphatic heterocycles. The van der Waals surface area contributed by atoms with Gasteiger partial charge in [-0.2, -0.15) is 0 Å². The van der Waals surface area contributed by atoms with Gasteiger partial charge in [0.2, 0.25) is 5.89 Å². The maximum Gasteiger partial charge on any atom is 0.227 e. The van der Waals surface area contributed by atoms with Gasteiger partial charge in [-0.15, -0.1) is 0 Å². The van der Waals surface area contributed by atoms with Gasteiger partial charge in [0, 0.05) is 44.2 Å². The van der Waals surface area contributed by atoms with Crippen LogP contribution in [-0.4, -0.2) is 4.98 Å². The Balaban J connectivity index is 1.07. The summed E-state index contributed by atoms with van der Waals surface area (Å²) in [6.07, 6.45) is 0. The van der Waals surface area contributed by atoms with E-state index in [9.17, 15) is 0 Å². The molecule has 0 spiro atoms. The fourth-order valence-electron chi connectivity index (χ4n) is 8.63. The molecule has 4 nitrogen and oxygen atoms in total. The SMILES string of the molecule is CC1(C)c2ccccc2-c2cc(N(c3ccc(-c4cc5nc(-c6ccccc6)oc5c5ccccc45)cc3)c3ccc4oc5ccccc5c4c3)ccc21. The van der Waals surface area contributed by atoms with Crippen LogP contribution in [0.2, 0.25) is 0 Å². The topological polar surface area (TPSA) is 42.4 Å². The molecule has 2 aromatic heterocycles. The van der Waals surface area contributed by atoms with Gasteiger partial charge in [0.15, 0.2) is 5.58 Å². The van der Waals surface area contributed by atoms with E-state index in [1.165, 1.54) is 22.3 Å². The minimum absolute atomic E-state index is 0.0683. The zero-order valence-electron chi connectivity index (χ0n) is 29.9. The maximum absolute atomic E-state index is 6.40. The van der Waals surface area contributed by atoms with Crippen LogP contribution >= 0.6 is 0 Å². The Labute approximate surface area is 312 Å². The first-order chi connectivity index (χ1) is 26.5. The fourth-order valence-corrected chi connectivity index (χ4v) is 8.63. The average Bonchev–Trinajstić information content (AvgIpc) is 3.89. The molecular weight excluding hydrogens is 661 g/mol. The van der Waals surface area contributed by atoms with Crippen molar-refractivity contribution >= 4 is 60.9 Å². The monoisotopic (exact) mass is 694 g/mol. The van der Waals surface area contributed by atoms with Crippen molar-refractivity contribution in [1.82, 2.24) is 4.98 Å². The van der Waals surface area contributed by atoms with Crippen molar-refractivity contribution in [1.29, 1.82) is 0 Å². The summed E-state index contributed by atoms with van der Waals surface area (Å²) in [6, 6.07) is 60.2. The third-order valence-corrected chi connectivity index (χ3v) is 11.3. The minimum atomic E-state index is -0.0683. The van der Waals surface area contributed by atoms with Crippen LogP contribution in [0.5, 0.6) is 0 Å². The Bertz CT molecular complexity index is 3080. The van der Waals surface area contributed by atoms with Gasteiger partial charge in [0.05, 0.1) is 0 Å². The normalized spacial score (nSPS) is 13.1. The molecular formula is C50H34N2O2. The number of oxazole rings is 1. The van der Waals surface area contributed by atoms with Crippen molar-refractivity contribution in [3.05, 3.63) is 181 Å². The molecule has 0 bridgehead atoms. The number of furan rings is 1. The number of nitrogens with zero attached hydrogens (tertiary/aromatic N) is 2. The first kappa shape index (κ1) is 30.7. The lowest BCUT2D eigenvalue weighted by Crippen LogP contribution is -2.15. The highest BCUT2D eigenvalue weighted by Crippen LogP contribution is 2.51. The van der Waals surface area contributed by atoms with Gasteiger partial charge in [-0.05, 0) is 105 Å². The third-order valence-electron chi connectivity index (χ3n) is 11.3. The van der Waals surface area contributed by atoms with Gasteiger partial charge in [0.25, 0.3) is 0 Å². The van der Waals surface area contributed by atoms with Gasteiger partial charge < -0.3 is 13.7 Å². The molecule has 0 saturated carbocycles. The predicted octanol–water partition coefficient (Wildman–Crippen LogP) is 14.0.